The number of nitrogens with zero attached hydrogens (tertiary/aromatic N) is 3. The van der Waals surface area contributed by atoms with Gasteiger partial charge in [0.1, 0.15) is 18.4 Å². The van der Waals surface area contributed by atoms with Gasteiger partial charge in [0.15, 0.2) is 9.84 Å². The lowest BCUT2D eigenvalue weighted by molar-refractivity contribution is -0.142. The number of aromatic nitrogens is 2. The lowest BCUT2D eigenvalue weighted by Crippen LogP contribution is -2.39. The van der Waals surface area contributed by atoms with Crippen LogP contribution in [0.25, 0.3) is 0 Å². The maximum atomic E-state index is 12.7. The smallest absolute Gasteiger partial charge is 0.408 e. The molecule has 1 saturated heterocycles. The molecule has 1 aliphatic heterocycles. The predicted molar refractivity (Wildman–Crippen MR) is 79.4 cm³/mol. The first kappa shape index (κ1) is 18.6. The predicted octanol–water partition coefficient (Wildman–Crippen LogP) is 0.919. The Bertz CT molecular complexity index is 729. The van der Waals surface area contributed by atoms with Crippen LogP contribution >= 0.6 is 0 Å². The molecule has 136 valence electrons. The van der Waals surface area contributed by atoms with Gasteiger partial charge in [-0.15, -0.1) is 0 Å². The third kappa shape index (κ3) is 4.00. The molecule has 1 aliphatic rings. The van der Waals surface area contributed by atoms with Gasteiger partial charge in [-0.25, -0.2) is 17.9 Å². The van der Waals surface area contributed by atoms with E-state index in [1.807, 2.05) is 0 Å². The van der Waals surface area contributed by atoms with E-state index < -0.39 is 39.8 Å². The molecule has 2 unspecified atom stereocenters. The first-order valence-electron chi connectivity index (χ1n) is 7.07. The van der Waals surface area contributed by atoms with E-state index in [0.29, 0.717) is 5.69 Å². The summed E-state index contributed by atoms with van der Waals surface area (Å²) in [6.45, 7) is 0.0966. The fourth-order valence-electron chi connectivity index (χ4n) is 2.77. The molecule has 24 heavy (non-hydrogen) atoms. The summed E-state index contributed by atoms with van der Waals surface area (Å²) in [5, 5.41) is 2.94. The normalized spacial score (nSPS) is 22.0. The Morgan fingerprint density at radius 2 is 2.08 bits per heavy atom. The molecular weight excluding hydrogens is 351 g/mol. The maximum Gasteiger partial charge on any atom is 0.408 e. The van der Waals surface area contributed by atoms with Gasteiger partial charge in [-0.2, -0.15) is 18.3 Å². The van der Waals surface area contributed by atoms with Gasteiger partial charge in [-0.1, -0.05) is 0 Å². The second-order valence-corrected chi connectivity index (χ2v) is 8.12. The van der Waals surface area contributed by atoms with Crippen LogP contribution in [0, 0.1) is 6.92 Å². The molecule has 0 aliphatic carbocycles. The summed E-state index contributed by atoms with van der Waals surface area (Å²) in [5.74, 6) is -0.648. The summed E-state index contributed by atoms with van der Waals surface area (Å²) in [6.07, 6.45) is -3.50. The number of aryl methyl sites for hydroxylation is 1. The molecule has 1 fully saturated rings. The van der Waals surface area contributed by atoms with Crippen LogP contribution in [0.15, 0.2) is 6.07 Å². The number of sulfone groups is 1. The summed E-state index contributed by atoms with van der Waals surface area (Å²) in [6, 6.07) is 0.421. The Labute approximate surface area is 137 Å². The molecule has 0 bridgehead atoms. The van der Waals surface area contributed by atoms with E-state index in [-0.39, 0.29) is 18.8 Å². The minimum atomic E-state index is -4.50. The molecule has 2 heterocycles. The van der Waals surface area contributed by atoms with Crippen LogP contribution in [0.4, 0.5) is 19.0 Å². The van der Waals surface area contributed by atoms with Gasteiger partial charge < -0.3 is 9.64 Å². The second-order valence-electron chi connectivity index (χ2n) is 5.80. The van der Waals surface area contributed by atoms with Crippen molar-refractivity contribution in [3.8, 4) is 0 Å². The van der Waals surface area contributed by atoms with Crippen molar-refractivity contribution in [2.75, 3.05) is 24.8 Å². The van der Waals surface area contributed by atoms with E-state index in [1.54, 1.807) is 0 Å². The van der Waals surface area contributed by atoms with Crippen LogP contribution in [0.5, 0.6) is 0 Å². The lowest BCUT2D eigenvalue weighted by Gasteiger charge is -2.25. The largest absolute Gasteiger partial charge is 0.467 e. The van der Waals surface area contributed by atoms with E-state index in [0.717, 1.165) is 18.0 Å². The fraction of sp³-hybridized carbons (Fsp3) is 0.692. The van der Waals surface area contributed by atoms with Crippen LogP contribution in [0.1, 0.15) is 12.1 Å². The Morgan fingerprint density at radius 3 is 2.58 bits per heavy atom. The first-order valence-corrected chi connectivity index (χ1v) is 9.02. The van der Waals surface area contributed by atoms with Crippen LogP contribution < -0.4 is 4.90 Å². The summed E-state index contributed by atoms with van der Waals surface area (Å²) in [5.41, 5.74) is 0.334. The minimum absolute atomic E-state index is 0.0399. The van der Waals surface area contributed by atoms with Crippen molar-refractivity contribution in [1.82, 2.24) is 9.78 Å². The zero-order valence-electron chi connectivity index (χ0n) is 13.4. The number of carbonyl (C=O) groups is 1. The number of hydrogen-bond acceptors (Lipinski definition) is 6. The van der Waals surface area contributed by atoms with Gasteiger partial charge >= 0.3 is 12.1 Å². The molecule has 0 spiro atoms. The van der Waals surface area contributed by atoms with E-state index in [9.17, 15) is 26.4 Å². The first-order chi connectivity index (χ1) is 10.9. The van der Waals surface area contributed by atoms with Crippen LogP contribution in [0.3, 0.4) is 0 Å². The molecule has 1 aromatic heterocycles. The highest BCUT2D eigenvalue weighted by molar-refractivity contribution is 7.91. The molecule has 1 aromatic rings. The number of methoxy groups -OCH3 is 1. The Kier molecular flexibility index (Phi) is 4.84. The van der Waals surface area contributed by atoms with Crippen LogP contribution in [-0.4, -0.2) is 61.5 Å². The summed E-state index contributed by atoms with van der Waals surface area (Å²) in [4.78, 5) is 13.3. The summed E-state index contributed by atoms with van der Waals surface area (Å²) < 4.78 is 67.2. The highest BCUT2D eigenvalue weighted by atomic mass is 32.2. The number of hydrogen-bond donors (Lipinski definition) is 0. The number of carbonyl (C=O) groups excluding carboxylic acids is 1. The zero-order chi connectivity index (χ0) is 18.3. The molecular formula is C13H18F3N3O4S. The topological polar surface area (TPSA) is 81.5 Å². The molecule has 2 atom stereocenters. The van der Waals surface area contributed by atoms with Gasteiger partial charge in [0.05, 0.1) is 18.1 Å². The molecule has 0 amide bonds. The third-order valence-corrected chi connectivity index (χ3v) is 5.40. The summed E-state index contributed by atoms with van der Waals surface area (Å²) >= 11 is 0. The van der Waals surface area contributed by atoms with Gasteiger partial charge in [0.2, 0.25) is 0 Å². The van der Waals surface area contributed by atoms with Crippen molar-refractivity contribution >= 4 is 21.6 Å². The molecule has 0 radical (unpaired) electrons. The van der Waals surface area contributed by atoms with Gasteiger partial charge in [0, 0.05) is 18.9 Å². The average Bonchev–Trinajstić information content (AvgIpc) is 2.99. The maximum absolute atomic E-state index is 12.7. The lowest BCUT2D eigenvalue weighted by atomic mass is 10.2. The van der Waals surface area contributed by atoms with Crippen molar-refractivity contribution in [2.45, 2.75) is 37.4 Å². The van der Waals surface area contributed by atoms with E-state index in [1.165, 1.54) is 17.9 Å². The average molecular weight is 369 g/mol. The zero-order valence-corrected chi connectivity index (χ0v) is 14.2. The van der Waals surface area contributed by atoms with Crippen molar-refractivity contribution in [3.05, 3.63) is 11.8 Å². The molecule has 0 N–H and O–H groups in total. The molecule has 2 rings (SSSR count). The third-order valence-electron chi connectivity index (χ3n) is 3.85. The van der Waals surface area contributed by atoms with E-state index in [4.69, 9.17) is 0 Å². The number of anilines is 1. The van der Waals surface area contributed by atoms with Crippen molar-refractivity contribution in [3.63, 3.8) is 0 Å². The monoisotopic (exact) mass is 369 g/mol. The quantitative estimate of drug-likeness (QED) is 0.734. The minimum Gasteiger partial charge on any atom is -0.467 e. The van der Waals surface area contributed by atoms with Crippen LogP contribution in [-0.2, 0) is 25.9 Å². The number of ether oxygens (including phenoxy) is 1. The molecule has 7 nitrogen and oxygen atoms in total. The standard InChI is InChI=1S/C13H18F3N3O4S/c1-8-4-11(19(17-8)7-13(14,15)16)18-6-9(24(3,21)22)5-10(18)12(20)23-2/h4,9-10H,5-7H2,1-3H3. The van der Waals surface area contributed by atoms with E-state index >= 15 is 0 Å². The Morgan fingerprint density at radius 1 is 1.46 bits per heavy atom. The molecule has 11 heteroatoms. The number of esters is 1. The van der Waals surface area contributed by atoms with Gasteiger partial charge in [0.25, 0.3) is 0 Å². The van der Waals surface area contributed by atoms with Crippen molar-refractivity contribution in [1.29, 1.82) is 0 Å². The van der Waals surface area contributed by atoms with Crippen LogP contribution in [0.2, 0.25) is 0 Å². The number of alkyl halides is 3. The van der Waals surface area contributed by atoms with Crippen molar-refractivity contribution < 1.29 is 31.1 Å². The molecule has 0 saturated carbocycles. The van der Waals surface area contributed by atoms with Crippen molar-refractivity contribution in [2.24, 2.45) is 0 Å². The Hall–Kier alpha value is -1.78. The fourth-order valence-corrected chi connectivity index (χ4v) is 3.73. The van der Waals surface area contributed by atoms with Gasteiger partial charge in [-0.3, -0.25) is 0 Å². The highest BCUT2D eigenvalue weighted by Gasteiger charge is 2.43. The summed E-state index contributed by atoms with van der Waals surface area (Å²) in [7, 11) is -2.32. The number of halogens is 3. The Balaban J connectivity index is 2.42. The number of rotatable bonds is 4. The van der Waals surface area contributed by atoms with E-state index in [2.05, 4.69) is 9.84 Å². The van der Waals surface area contributed by atoms with Gasteiger partial charge in [-0.05, 0) is 13.3 Å². The SMILES string of the molecule is COC(=O)C1CC(S(C)(=O)=O)CN1c1cc(C)nn1CC(F)(F)F. The second kappa shape index (κ2) is 6.26. The molecule has 0 aromatic carbocycles. The highest BCUT2D eigenvalue weighted by Crippen LogP contribution is 2.31.